The zero-order valence-corrected chi connectivity index (χ0v) is 22.1. The Morgan fingerprint density at radius 1 is 0.973 bits per heavy atom. The van der Waals surface area contributed by atoms with Crippen LogP contribution in [0, 0.1) is 20.8 Å². The fraction of sp³-hybridized carbons (Fsp3) is 0.400. The summed E-state index contributed by atoms with van der Waals surface area (Å²) in [5.41, 5.74) is 5.58. The van der Waals surface area contributed by atoms with Crippen molar-refractivity contribution in [3.05, 3.63) is 87.9 Å². The Labute approximate surface area is 218 Å². The van der Waals surface area contributed by atoms with Crippen molar-refractivity contribution in [2.45, 2.75) is 58.5 Å². The standard InChI is InChI=1S/C30H35N5O2/c1-19-7-5-6-8-25(19)29(36)33-27-12-11-22-9-10-23(18-26(22)27)30(37)34(4)24-13-15-35(16-14-24)28-17-20(2)31-21(3)32-28/h5-10,17-18,24,27H,11-16H2,1-4H3,(H,33,36). The lowest BCUT2D eigenvalue weighted by Gasteiger charge is -2.37. The molecular weight excluding hydrogens is 462 g/mol. The van der Waals surface area contributed by atoms with Gasteiger partial charge in [0, 0.05) is 49.1 Å². The maximum absolute atomic E-state index is 13.5. The van der Waals surface area contributed by atoms with E-state index in [0.29, 0.717) is 11.1 Å². The SMILES string of the molecule is Cc1cc(N2CCC(N(C)C(=O)c3ccc4c(c3)C(NC(=O)c3ccccc3C)CC4)CC2)nc(C)n1. The molecule has 1 fully saturated rings. The minimum absolute atomic E-state index is 0.0332. The van der Waals surface area contributed by atoms with Crippen LogP contribution in [-0.4, -0.2) is 52.9 Å². The summed E-state index contributed by atoms with van der Waals surface area (Å²) >= 11 is 0. The number of benzene rings is 2. The summed E-state index contributed by atoms with van der Waals surface area (Å²) in [5.74, 6) is 1.72. The highest BCUT2D eigenvalue weighted by Crippen LogP contribution is 2.33. The fourth-order valence-electron chi connectivity index (χ4n) is 5.66. The Morgan fingerprint density at radius 3 is 2.46 bits per heavy atom. The van der Waals surface area contributed by atoms with Crippen LogP contribution in [-0.2, 0) is 6.42 Å². The van der Waals surface area contributed by atoms with E-state index in [1.807, 2.05) is 75.2 Å². The van der Waals surface area contributed by atoms with Crippen molar-refractivity contribution in [3.63, 3.8) is 0 Å². The lowest BCUT2D eigenvalue weighted by Crippen LogP contribution is -2.46. The van der Waals surface area contributed by atoms with E-state index in [-0.39, 0.29) is 23.9 Å². The first kappa shape index (κ1) is 24.9. The van der Waals surface area contributed by atoms with Gasteiger partial charge in [0.15, 0.2) is 0 Å². The van der Waals surface area contributed by atoms with Gasteiger partial charge in [0.1, 0.15) is 11.6 Å². The molecule has 7 heteroatoms. The molecule has 2 aliphatic rings. The maximum atomic E-state index is 13.5. The molecule has 5 rings (SSSR count). The van der Waals surface area contributed by atoms with Gasteiger partial charge in [-0.25, -0.2) is 9.97 Å². The lowest BCUT2D eigenvalue weighted by atomic mass is 10.00. The van der Waals surface area contributed by atoms with Crippen LogP contribution >= 0.6 is 0 Å². The largest absolute Gasteiger partial charge is 0.356 e. The monoisotopic (exact) mass is 497 g/mol. The normalized spacial score (nSPS) is 17.4. The number of amides is 2. The molecule has 192 valence electrons. The van der Waals surface area contributed by atoms with E-state index >= 15 is 0 Å². The van der Waals surface area contributed by atoms with E-state index in [4.69, 9.17) is 0 Å². The first-order valence-electron chi connectivity index (χ1n) is 13.1. The summed E-state index contributed by atoms with van der Waals surface area (Å²) in [7, 11) is 1.91. The van der Waals surface area contributed by atoms with Crippen LogP contribution < -0.4 is 10.2 Å². The second-order valence-electron chi connectivity index (χ2n) is 10.3. The predicted octanol–water partition coefficient (Wildman–Crippen LogP) is 4.56. The van der Waals surface area contributed by atoms with Crippen molar-refractivity contribution < 1.29 is 9.59 Å². The molecule has 0 saturated carbocycles. The van der Waals surface area contributed by atoms with Gasteiger partial charge in [-0.15, -0.1) is 0 Å². The number of anilines is 1. The van der Waals surface area contributed by atoms with E-state index in [1.165, 1.54) is 5.56 Å². The van der Waals surface area contributed by atoms with E-state index in [2.05, 4.69) is 26.3 Å². The van der Waals surface area contributed by atoms with Crippen LogP contribution in [0.15, 0.2) is 48.5 Å². The molecule has 1 saturated heterocycles. The summed E-state index contributed by atoms with van der Waals surface area (Å²) < 4.78 is 0. The molecule has 2 heterocycles. The quantitative estimate of drug-likeness (QED) is 0.559. The number of aromatic nitrogens is 2. The molecule has 0 spiro atoms. The van der Waals surface area contributed by atoms with Crippen LogP contribution in [0.5, 0.6) is 0 Å². The minimum Gasteiger partial charge on any atom is -0.356 e. The van der Waals surface area contributed by atoms with Crippen LogP contribution in [0.1, 0.15) is 74.2 Å². The fourth-order valence-corrected chi connectivity index (χ4v) is 5.66. The summed E-state index contributed by atoms with van der Waals surface area (Å²) in [6.45, 7) is 7.58. The summed E-state index contributed by atoms with van der Waals surface area (Å²) in [4.78, 5) is 39.6. The number of carbonyl (C=O) groups is 2. The van der Waals surface area contributed by atoms with Gasteiger partial charge < -0.3 is 15.1 Å². The number of hydrogen-bond acceptors (Lipinski definition) is 5. The summed E-state index contributed by atoms with van der Waals surface area (Å²) in [5, 5.41) is 3.20. The third-order valence-corrected chi connectivity index (χ3v) is 7.77. The lowest BCUT2D eigenvalue weighted by molar-refractivity contribution is 0.0709. The van der Waals surface area contributed by atoms with E-state index in [9.17, 15) is 9.59 Å². The molecule has 37 heavy (non-hydrogen) atoms. The summed E-state index contributed by atoms with van der Waals surface area (Å²) in [6, 6.07) is 15.7. The third-order valence-electron chi connectivity index (χ3n) is 7.77. The van der Waals surface area contributed by atoms with Gasteiger partial charge in [-0.3, -0.25) is 9.59 Å². The average Bonchev–Trinajstić information content (AvgIpc) is 3.29. The Kier molecular flexibility index (Phi) is 6.96. The molecular formula is C30H35N5O2. The van der Waals surface area contributed by atoms with Crippen molar-refractivity contribution in [1.82, 2.24) is 20.2 Å². The van der Waals surface area contributed by atoms with E-state index in [0.717, 1.165) is 67.2 Å². The average molecular weight is 498 g/mol. The molecule has 2 amide bonds. The second kappa shape index (κ2) is 10.3. The number of nitrogens with zero attached hydrogens (tertiary/aromatic N) is 4. The topological polar surface area (TPSA) is 78.4 Å². The van der Waals surface area contributed by atoms with Gasteiger partial charge in [0.2, 0.25) is 0 Å². The third kappa shape index (κ3) is 5.22. The van der Waals surface area contributed by atoms with Gasteiger partial charge in [-0.2, -0.15) is 0 Å². The molecule has 1 atom stereocenters. The van der Waals surface area contributed by atoms with Gasteiger partial charge in [0.05, 0.1) is 6.04 Å². The van der Waals surface area contributed by atoms with Crippen molar-refractivity contribution in [2.75, 3.05) is 25.0 Å². The minimum atomic E-state index is -0.0804. The number of nitrogens with one attached hydrogen (secondary N) is 1. The zero-order chi connectivity index (χ0) is 26.1. The highest BCUT2D eigenvalue weighted by Gasteiger charge is 2.29. The number of rotatable bonds is 5. The summed E-state index contributed by atoms with van der Waals surface area (Å²) in [6.07, 6.45) is 3.54. The Bertz CT molecular complexity index is 1310. The van der Waals surface area contributed by atoms with Gasteiger partial charge in [0.25, 0.3) is 11.8 Å². The molecule has 7 nitrogen and oxygen atoms in total. The highest BCUT2D eigenvalue weighted by atomic mass is 16.2. The van der Waals surface area contributed by atoms with Gasteiger partial charge in [-0.05, 0) is 81.3 Å². The van der Waals surface area contributed by atoms with Crippen LogP contribution in [0.3, 0.4) is 0 Å². The zero-order valence-electron chi connectivity index (χ0n) is 22.1. The van der Waals surface area contributed by atoms with Crippen molar-refractivity contribution in [3.8, 4) is 0 Å². The Morgan fingerprint density at radius 2 is 1.73 bits per heavy atom. The first-order valence-corrected chi connectivity index (χ1v) is 13.1. The highest BCUT2D eigenvalue weighted by molar-refractivity contribution is 5.96. The number of carbonyl (C=O) groups excluding carboxylic acids is 2. The molecule has 2 aromatic carbocycles. The van der Waals surface area contributed by atoms with Crippen molar-refractivity contribution in [2.24, 2.45) is 0 Å². The van der Waals surface area contributed by atoms with Crippen LogP contribution in [0.25, 0.3) is 0 Å². The number of aryl methyl sites for hydroxylation is 4. The Balaban J connectivity index is 1.25. The van der Waals surface area contributed by atoms with Gasteiger partial charge >= 0.3 is 0 Å². The molecule has 1 N–H and O–H groups in total. The Hall–Kier alpha value is -3.74. The van der Waals surface area contributed by atoms with Crippen molar-refractivity contribution >= 4 is 17.6 Å². The molecule has 1 aliphatic heterocycles. The molecule has 1 unspecified atom stereocenters. The molecule has 3 aromatic rings. The molecule has 0 radical (unpaired) electrons. The number of hydrogen-bond donors (Lipinski definition) is 1. The second-order valence-corrected chi connectivity index (χ2v) is 10.3. The molecule has 0 bridgehead atoms. The van der Waals surface area contributed by atoms with Crippen molar-refractivity contribution in [1.29, 1.82) is 0 Å². The molecule has 1 aromatic heterocycles. The van der Waals surface area contributed by atoms with Gasteiger partial charge in [-0.1, -0.05) is 24.3 Å². The molecule has 1 aliphatic carbocycles. The predicted molar refractivity (Wildman–Crippen MR) is 145 cm³/mol. The van der Waals surface area contributed by atoms with Crippen LogP contribution in [0.2, 0.25) is 0 Å². The van der Waals surface area contributed by atoms with Crippen LogP contribution in [0.4, 0.5) is 5.82 Å². The first-order chi connectivity index (χ1) is 17.8. The van der Waals surface area contributed by atoms with E-state index in [1.54, 1.807) is 0 Å². The maximum Gasteiger partial charge on any atom is 0.253 e. The smallest absolute Gasteiger partial charge is 0.253 e. The number of piperidine rings is 1. The van der Waals surface area contributed by atoms with E-state index < -0.39 is 0 Å². The number of fused-ring (bicyclic) bond motifs is 1.